The van der Waals surface area contributed by atoms with Crippen LogP contribution in [0.5, 0.6) is 0 Å². The van der Waals surface area contributed by atoms with Crippen molar-refractivity contribution in [2.45, 2.75) is 33.7 Å². The summed E-state index contributed by atoms with van der Waals surface area (Å²) in [6.45, 7) is 8.57. The molecule has 0 fully saturated rings. The topological polar surface area (TPSA) is 29.5 Å². The number of hydrogen-bond donors (Lipinski definition) is 0. The number of amides is 1. The van der Waals surface area contributed by atoms with Gasteiger partial charge in [0.15, 0.2) is 0 Å². The lowest BCUT2D eigenvalue weighted by Crippen LogP contribution is -2.44. The fraction of sp³-hybridized carbons (Fsp3) is 0.900. The van der Waals surface area contributed by atoms with E-state index in [1.165, 1.54) is 7.11 Å². The summed E-state index contributed by atoms with van der Waals surface area (Å²) in [5, 5.41) is 0. The zero-order valence-electron chi connectivity index (χ0n) is 9.55. The van der Waals surface area contributed by atoms with E-state index in [-0.39, 0.29) is 24.0 Å². The maximum atomic E-state index is 11.4. The van der Waals surface area contributed by atoms with Crippen LogP contribution in [-0.2, 0) is 9.53 Å². The number of rotatable bonds is 3. The van der Waals surface area contributed by atoms with Gasteiger partial charge < -0.3 is 9.64 Å². The van der Waals surface area contributed by atoms with E-state index in [9.17, 15) is 4.79 Å². The number of hydrogen-bond acceptors (Lipinski definition) is 2. The molecule has 0 saturated carbocycles. The summed E-state index contributed by atoms with van der Waals surface area (Å²) in [7, 11) is 3.35. The van der Waals surface area contributed by atoms with Crippen molar-refractivity contribution in [2.75, 3.05) is 20.8 Å². The molecule has 13 heavy (non-hydrogen) atoms. The van der Waals surface area contributed by atoms with Crippen LogP contribution < -0.4 is 0 Å². The molecule has 0 saturated heterocycles. The first-order valence-corrected chi connectivity index (χ1v) is 4.55. The maximum Gasteiger partial charge on any atom is 0.248 e. The Labute approximate surface area is 81.1 Å². The monoisotopic (exact) mass is 187 g/mol. The van der Waals surface area contributed by atoms with Crippen LogP contribution in [-0.4, -0.2) is 37.6 Å². The molecule has 1 atom stereocenters. The van der Waals surface area contributed by atoms with Gasteiger partial charge in [-0.3, -0.25) is 4.79 Å². The van der Waals surface area contributed by atoms with Gasteiger partial charge in [-0.05, 0) is 12.3 Å². The fourth-order valence-electron chi connectivity index (χ4n) is 1.02. The Balaban J connectivity index is 4.25. The van der Waals surface area contributed by atoms with Gasteiger partial charge in [0.25, 0.3) is 0 Å². The Morgan fingerprint density at radius 2 is 1.92 bits per heavy atom. The third-order valence-electron chi connectivity index (χ3n) is 2.50. The van der Waals surface area contributed by atoms with E-state index >= 15 is 0 Å². The lowest BCUT2D eigenvalue weighted by Gasteiger charge is -2.35. The smallest absolute Gasteiger partial charge is 0.248 e. The highest BCUT2D eigenvalue weighted by Crippen LogP contribution is 2.22. The van der Waals surface area contributed by atoms with Crippen LogP contribution in [0, 0.1) is 5.41 Å². The van der Waals surface area contributed by atoms with Crippen LogP contribution in [0.15, 0.2) is 0 Å². The largest absolute Gasteiger partial charge is 0.375 e. The molecule has 0 rings (SSSR count). The zero-order chi connectivity index (χ0) is 10.6. The Morgan fingerprint density at radius 3 is 2.23 bits per heavy atom. The Hall–Kier alpha value is -0.570. The van der Waals surface area contributed by atoms with E-state index in [4.69, 9.17) is 4.74 Å². The Kier molecular flexibility index (Phi) is 4.40. The maximum absolute atomic E-state index is 11.4. The second-order valence-corrected chi connectivity index (χ2v) is 4.48. The highest BCUT2D eigenvalue weighted by Gasteiger charge is 2.26. The van der Waals surface area contributed by atoms with Gasteiger partial charge in [-0.15, -0.1) is 0 Å². The van der Waals surface area contributed by atoms with Crippen molar-refractivity contribution in [3.05, 3.63) is 0 Å². The lowest BCUT2D eigenvalue weighted by molar-refractivity contribution is -0.137. The molecule has 3 heteroatoms. The van der Waals surface area contributed by atoms with E-state index in [1.807, 2.05) is 14.0 Å². The van der Waals surface area contributed by atoms with Gasteiger partial charge in [-0.25, -0.2) is 0 Å². The van der Waals surface area contributed by atoms with Crippen molar-refractivity contribution < 1.29 is 9.53 Å². The quantitative estimate of drug-likeness (QED) is 0.670. The summed E-state index contributed by atoms with van der Waals surface area (Å²) < 4.78 is 4.80. The van der Waals surface area contributed by atoms with Crippen LogP contribution in [0.2, 0.25) is 0 Å². The average Bonchev–Trinajstić information content (AvgIpc) is 2.00. The van der Waals surface area contributed by atoms with Crippen LogP contribution in [0.1, 0.15) is 27.7 Å². The lowest BCUT2D eigenvalue weighted by atomic mass is 9.87. The van der Waals surface area contributed by atoms with Gasteiger partial charge in [0, 0.05) is 20.2 Å². The van der Waals surface area contributed by atoms with Gasteiger partial charge >= 0.3 is 0 Å². The highest BCUT2D eigenvalue weighted by atomic mass is 16.5. The van der Waals surface area contributed by atoms with Gasteiger partial charge in [0.05, 0.1) is 0 Å². The molecule has 0 aliphatic carbocycles. The van der Waals surface area contributed by atoms with E-state index in [2.05, 4.69) is 20.8 Å². The van der Waals surface area contributed by atoms with E-state index < -0.39 is 0 Å². The first-order chi connectivity index (χ1) is 5.80. The van der Waals surface area contributed by atoms with Crippen molar-refractivity contribution >= 4 is 5.91 Å². The predicted molar refractivity (Wildman–Crippen MR) is 53.6 cm³/mol. The normalized spacial score (nSPS) is 14.0. The van der Waals surface area contributed by atoms with Crippen molar-refractivity contribution in [3.8, 4) is 0 Å². The molecule has 3 nitrogen and oxygen atoms in total. The molecule has 0 aromatic carbocycles. The molecular formula is C10H21NO2. The molecule has 0 aliphatic heterocycles. The number of ether oxygens (including phenoxy) is 1. The van der Waals surface area contributed by atoms with Crippen molar-refractivity contribution in [2.24, 2.45) is 5.41 Å². The first kappa shape index (κ1) is 12.4. The second kappa shape index (κ2) is 4.61. The molecule has 0 aliphatic rings. The van der Waals surface area contributed by atoms with Crippen LogP contribution >= 0.6 is 0 Å². The number of carbonyl (C=O) groups excluding carboxylic acids is 1. The van der Waals surface area contributed by atoms with Crippen molar-refractivity contribution in [1.82, 2.24) is 4.90 Å². The Bertz CT molecular complexity index is 172. The molecule has 0 aromatic heterocycles. The molecule has 0 bridgehead atoms. The standard InChI is InChI=1S/C10H21NO2/c1-8(10(2,3)4)11(5)9(12)7-13-6/h8H,7H2,1-6H3. The predicted octanol–water partition coefficient (Wildman–Crippen LogP) is 1.53. The minimum Gasteiger partial charge on any atom is -0.375 e. The number of likely N-dealkylation sites (N-methyl/N-ethyl adjacent to an activating group) is 1. The second-order valence-electron chi connectivity index (χ2n) is 4.48. The van der Waals surface area contributed by atoms with Crippen LogP contribution in [0.25, 0.3) is 0 Å². The molecule has 0 spiro atoms. The number of carbonyl (C=O) groups is 1. The number of methoxy groups -OCH3 is 1. The van der Waals surface area contributed by atoms with Gasteiger partial charge in [0.1, 0.15) is 6.61 Å². The van der Waals surface area contributed by atoms with E-state index in [0.717, 1.165) is 0 Å². The third kappa shape index (κ3) is 3.77. The SMILES string of the molecule is COCC(=O)N(C)C(C)C(C)(C)C. The molecular weight excluding hydrogens is 166 g/mol. The Morgan fingerprint density at radius 1 is 1.46 bits per heavy atom. The summed E-state index contributed by atoms with van der Waals surface area (Å²) >= 11 is 0. The molecule has 1 unspecified atom stereocenters. The van der Waals surface area contributed by atoms with Gasteiger partial charge in [-0.1, -0.05) is 20.8 Å². The fourth-order valence-corrected chi connectivity index (χ4v) is 1.02. The molecule has 0 radical (unpaired) electrons. The van der Waals surface area contributed by atoms with Crippen molar-refractivity contribution in [1.29, 1.82) is 0 Å². The third-order valence-corrected chi connectivity index (χ3v) is 2.50. The summed E-state index contributed by atoms with van der Waals surface area (Å²) in [6, 6.07) is 0.218. The highest BCUT2D eigenvalue weighted by molar-refractivity contribution is 5.77. The van der Waals surface area contributed by atoms with Gasteiger partial charge in [0.2, 0.25) is 5.91 Å². The molecule has 78 valence electrons. The molecule has 0 aromatic rings. The van der Waals surface area contributed by atoms with Crippen LogP contribution in [0.3, 0.4) is 0 Å². The van der Waals surface area contributed by atoms with Gasteiger partial charge in [-0.2, -0.15) is 0 Å². The zero-order valence-corrected chi connectivity index (χ0v) is 9.55. The molecule has 0 N–H and O–H groups in total. The van der Waals surface area contributed by atoms with E-state index in [1.54, 1.807) is 4.90 Å². The summed E-state index contributed by atoms with van der Waals surface area (Å²) in [5.74, 6) is 0.0323. The summed E-state index contributed by atoms with van der Waals surface area (Å²) in [5.41, 5.74) is 0.109. The molecule has 1 amide bonds. The summed E-state index contributed by atoms with van der Waals surface area (Å²) in [6.07, 6.45) is 0. The summed E-state index contributed by atoms with van der Waals surface area (Å²) in [4.78, 5) is 13.2. The van der Waals surface area contributed by atoms with E-state index in [0.29, 0.717) is 0 Å². The van der Waals surface area contributed by atoms with Crippen molar-refractivity contribution in [3.63, 3.8) is 0 Å². The average molecular weight is 187 g/mol. The number of nitrogens with zero attached hydrogens (tertiary/aromatic N) is 1. The first-order valence-electron chi connectivity index (χ1n) is 4.55. The minimum atomic E-state index is 0.0323. The molecule has 0 heterocycles. The minimum absolute atomic E-state index is 0.0323. The van der Waals surface area contributed by atoms with Crippen LogP contribution in [0.4, 0.5) is 0 Å².